The molecule has 0 aliphatic heterocycles. The molecule has 9 nitrogen and oxygen atoms in total. The van der Waals surface area contributed by atoms with Gasteiger partial charge < -0.3 is 19.2 Å². The topological polar surface area (TPSA) is 95.6 Å². The number of carbonyl (C=O) groups excluding carboxylic acids is 1. The molecule has 0 radical (unpaired) electrons. The van der Waals surface area contributed by atoms with Crippen molar-refractivity contribution in [3.63, 3.8) is 0 Å². The predicted octanol–water partition coefficient (Wildman–Crippen LogP) is 1.56. The Bertz CT molecular complexity index is 898. The number of aryl methyl sites for hydroxylation is 1. The maximum atomic E-state index is 12.3. The van der Waals surface area contributed by atoms with Crippen LogP contribution in [0, 0.1) is 6.92 Å². The average molecular weight is 372 g/mol. The van der Waals surface area contributed by atoms with E-state index in [1.165, 1.54) is 0 Å². The van der Waals surface area contributed by atoms with E-state index in [1.807, 2.05) is 49.7 Å². The van der Waals surface area contributed by atoms with Gasteiger partial charge in [0.25, 0.3) is 5.91 Å². The molecular formula is C18H24N6O3. The molecule has 0 bridgehead atoms. The zero-order chi connectivity index (χ0) is 19.2. The first-order chi connectivity index (χ1) is 13.1. The standard InChI is InChI=1S/C18H24N6O3/c1-4-26-17(27-5-2)12-24-11-15(21-22-24)18(25)19-9-14-10-23-7-6-13(3)8-16(23)20-14/h6-8,10-11,17H,4-5,9,12H2,1-3H3,(H,19,25). The van der Waals surface area contributed by atoms with Gasteiger partial charge in [0, 0.05) is 25.6 Å². The van der Waals surface area contributed by atoms with E-state index in [0.717, 1.165) is 16.9 Å². The summed E-state index contributed by atoms with van der Waals surface area (Å²) in [5.74, 6) is -0.307. The number of aromatic nitrogens is 5. The van der Waals surface area contributed by atoms with Crippen LogP contribution in [0.2, 0.25) is 0 Å². The maximum absolute atomic E-state index is 12.3. The van der Waals surface area contributed by atoms with Crippen LogP contribution in [0.1, 0.15) is 35.6 Å². The molecule has 3 rings (SSSR count). The minimum atomic E-state index is -0.418. The Balaban J connectivity index is 1.58. The monoisotopic (exact) mass is 372 g/mol. The van der Waals surface area contributed by atoms with Crippen molar-refractivity contribution >= 4 is 11.6 Å². The summed E-state index contributed by atoms with van der Waals surface area (Å²) in [6.07, 6.45) is 4.99. The highest BCUT2D eigenvalue weighted by Crippen LogP contribution is 2.08. The van der Waals surface area contributed by atoms with E-state index in [1.54, 1.807) is 10.9 Å². The summed E-state index contributed by atoms with van der Waals surface area (Å²) in [5, 5.41) is 10.7. The summed E-state index contributed by atoms with van der Waals surface area (Å²) in [7, 11) is 0. The number of imidazole rings is 1. The second-order valence-corrected chi connectivity index (χ2v) is 6.05. The van der Waals surface area contributed by atoms with E-state index >= 15 is 0 Å². The quantitative estimate of drug-likeness (QED) is 0.573. The maximum Gasteiger partial charge on any atom is 0.273 e. The van der Waals surface area contributed by atoms with Crippen molar-refractivity contribution < 1.29 is 14.3 Å². The minimum Gasteiger partial charge on any atom is -0.351 e. The molecule has 3 aromatic rings. The first kappa shape index (κ1) is 19.0. The van der Waals surface area contributed by atoms with Crippen LogP contribution in [-0.4, -0.2) is 49.8 Å². The molecule has 27 heavy (non-hydrogen) atoms. The van der Waals surface area contributed by atoms with Gasteiger partial charge in [0.2, 0.25) is 0 Å². The Kier molecular flexibility index (Phi) is 6.15. The average Bonchev–Trinajstić information content (AvgIpc) is 3.26. The van der Waals surface area contributed by atoms with Crippen LogP contribution < -0.4 is 5.32 Å². The van der Waals surface area contributed by atoms with Crippen molar-refractivity contribution in [3.05, 3.63) is 47.7 Å². The number of pyridine rings is 1. The summed E-state index contributed by atoms with van der Waals surface area (Å²) in [4.78, 5) is 16.8. The highest BCUT2D eigenvalue weighted by molar-refractivity contribution is 5.91. The summed E-state index contributed by atoms with van der Waals surface area (Å²) in [6, 6.07) is 4.00. The molecule has 0 saturated carbocycles. The number of hydrogen-bond donors (Lipinski definition) is 1. The number of rotatable bonds is 9. The Morgan fingerprint density at radius 2 is 2.04 bits per heavy atom. The fraction of sp³-hybridized carbons (Fsp3) is 0.444. The molecule has 0 fully saturated rings. The predicted molar refractivity (Wildman–Crippen MR) is 98.2 cm³/mol. The van der Waals surface area contributed by atoms with Crippen molar-refractivity contribution in [1.29, 1.82) is 0 Å². The van der Waals surface area contributed by atoms with Crippen LogP contribution in [0.3, 0.4) is 0 Å². The van der Waals surface area contributed by atoms with E-state index in [0.29, 0.717) is 26.3 Å². The Morgan fingerprint density at radius 3 is 2.78 bits per heavy atom. The number of hydrogen-bond acceptors (Lipinski definition) is 6. The van der Waals surface area contributed by atoms with Gasteiger partial charge in [0.15, 0.2) is 12.0 Å². The number of carbonyl (C=O) groups is 1. The molecule has 0 atom stereocenters. The largest absolute Gasteiger partial charge is 0.351 e. The van der Waals surface area contributed by atoms with Crippen molar-refractivity contribution in [1.82, 2.24) is 29.7 Å². The number of ether oxygens (including phenoxy) is 2. The Morgan fingerprint density at radius 1 is 1.26 bits per heavy atom. The summed E-state index contributed by atoms with van der Waals surface area (Å²) in [5.41, 5.74) is 3.00. The third-order valence-electron chi connectivity index (χ3n) is 3.91. The van der Waals surface area contributed by atoms with E-state index in [9.17, 15) is 4.79 Å². The zero-order valence-corrected chi connectivity index (χ0v) is 15.8. The van der Waals surface area contributed by atoms with Crippen LogP contribution in [-0.2, 0) is 22.6 Å². The van der Waals surface area contributed by atoms with Crippen molar-refractivity contribution in [3.8, 4) is 0 Å². The van der Waals surface area contributed by atoms with Crippen LogP contribution in [0.15, 0.2) is 30.7 Å². The Labute approximate surface area is 157 Å². The van der Waals surface area contributed by atoms with Crippen molar-refractivity contribution in [2.24, 2.45) is 0 Å². The zero-order valence-electron chi connectivity index (χ0n) is 15.8. The van der Waals surface area contributed by atoms with Gasteiger partial charge in [0.1, 0.15) is 5.65 Å². The Hall–Kier alpha value is -2.78. The number of nitrogens with zero attached hydrogens (tertiary/aromatic N) is 5. The third kappa shape index (κ3) is 4.89. The molecule has 1 amide bonds. The number of nitrogens with one attached hydrogen (secondary N) is 1. The highest BCUT2D eigenvalue weighted by Gasteiger charge is 2.15. The fourth-order valence-corrected chi connectivity index (χ4v) is 2.65. The summed E-state index contributed by atoms with van der Waals surface area (Å²) < 4.78 is 14.4. The third-order valence-corrected chi connectivity index (χ3v) is 3.91. The van der Waals surface area contributed by atoms with Gasteiger partial charge in [-0.2, -0.15) is 0 Å². The first-order valence-electron chi connectivity index (χ1n) is 8.94. The molecule has 1 N–H and O–H groups in total. The summed E-state index contributed by atoms with van der Waals surface area (Å²) >= 11 is 0. The van der Waals surface area contributed by atoms with Crippen LogP contribution in [0.4, 0.5) is 0 Å². The molecule has 0 aliphatic carbocycles. The smallest absolute Gasteiger partial charge is 0.273 e. The van der Waals surface area contributed by atoms with Gasteiger partial charge in [-0.1, -0.05) is 5.21 Å². The molecule has 0 aromatic carbocycles. The van der Waals surface area contributed by atoms with E-state index in [2.05, 4.69) is 20.6 Å². The second kappa shape index (κ2) is 8.74. The lowest BCUT2D eigenvalue weighted by Crippen LogP contribution is -2.24. The normalized spacial score (nSPS) is 11.4. The van der Waals surface area contributed by atoms with Crippen molar-refractivity contribution in [2.75, 3.05) is 13.2 Å². The molecule has 0 saturated heterocycles. The van der Waals surface area contributed by atoms with Crippen LogP contribution in [0.25, 0.3) is 5.65 Å². The van der Waals surface area contributed by atoms with E-state index < -0.39 is 6.29 Å². The van der Waals surface area contributed by atoms with Crippen LogP contribution in [0.5, 0.6) is 0 Å². The molecule has 3 aromatic heterocycles. The van der Waals surface area contributed by atoms with Gasteiger partial charge in [0.05, 0.1) is 25.0 Å². The lowest BCUT2D eigenvalue weighted by atomic mass is 10.3. The number of fused-ring (bicyclic) bond motifs is 1. The van der Waals surface area contributed by atoms with E-state index in [4.69, 9.17) is 9.47 Å². The molecule has 0 unspecified atom stereocenters. The fourth-order valence-electron chi connectivity index (χ4n) is 2.65. The molecule has 0 aliphatic rings. The lowest BCUT2D eigenvalue weighted by molar-refractivity contribution is -0.145. The van der Waals surface area contributed by atoms with Gasteiger partial charge in [-0.15, -0.1) is 5.10 Å². The highest BCUT2D eigenvalue weighted by atomic mass is 16.7. The van der Waals surface area contributed by atoms with Gasteiger partial charge in [-0.3, -0.25) is 4.79 Å². The number of amides is 1. The van der Waals surface area contributed by atoms with E-state index in [-0.39, 0.29) is 11.6 Å². The molecular weight excluding hydrogens is 348 g/mol. The van der Waals surface area contributed by atoms with Gasteiger partial charge in [-0.25, -0.2) is 9.67 Å². The van der Waals surface area contributed by atoms with Gasteiger partial charge in [-0.05, 0) is 38.5 Å². The van der Waals surface area contributed by atoms with Crippen molar-refractivity contribution in [2.45, 2.75) is 40.2 Å². The van der Waals surface area contributed by atoms with Crippen LogP contribution >= 0.6 is 0 Å². The SMILES string of the molecule is CCOC(Cn1cc(C(=O)NCc2cn3ccc(C)cc3n2)nn1)OCC. The molecule has 0 spiro atoms. The summed E-state index contributed by atoms with van der Waals surface area (Å²) in [6.45, 7) is 7.55. The lowest BCUT2D eigenvalue weighted by Gasteiger charge is -2.16. The first-order valence-corrected chi connectivity index (χ1v) is 8.94. The molecule has 3 heterocycles. The van der Waals surface area contributed by atoms with Gasteiger partial charge >= 0.3 is 0 Å². The second-order valence-electron chi connectivity index (χ2n) is 6.05. The molecule has 144 valence electrons. The molecule has 9 heteroatoms. The minimum absolute atomic E-state index is 0.237.